The molecule has 358 valence electrons. The van der Waals surface area contributed by atoms with Crippen molar-refractivity contribution in [3.05, 3.63) is 188 Å². The summed E-state index contributed by atoms with van der Waals surface area (Å²) in [7, 11) is 2.48. The SMILES string of the molecule is COC(=O)C(C(=O)OC)=C(C[n+]1ccccc1)c1ccccc1.Fc1c(F)c(F)c([B-](c2c(F)c(F)c(F)c(F)c2F)(c2c(F)c(F)c(F)c(F)c2F)c2c(F)c(F)c(F)c(F)c2F)c(F)c1F. The summed E-state index contributed by atoms with van der Waals surface area (Å²) in [6, 6.07) is 14.9. The van der Waals surface area contributed by atoms with E-state index in [1.54, 1.807) is 0 Å². The van der Waals surface area contributed by atoms with Crippen molar-refractivity contribution >= 4 is 45.5 Å². The number of hydrogen-bond donors (Lipinski definition) is 0. The number of pyridine rings is 1. The van der Waals surface area contributed by atoms with Crippen molar-refractivity contribution < 1.29 is 111 Å². The molecule has 1 heterocycles. The minimum absolute atomic E-state index is 0.0995. The third-order valence-electron chi connectivity index (χ3n) is 10.0. The molecule has 5 nitrogen and oxygen atoms in total. The molecule has 0 aliphatic heterocycles. The van der Waals surface area contributed by atoms with E-state index in [0.29, 0.717) is 12.1 Å². The molecule has 68 heavy (non-hydrogen) atoms. The summed E-state index contributed by atoms with van der Waals surface area (Å²) in [6.45, 7) is 0.338. The molecule has 0 N–H and O–H groups in total. The number of carbonyl (C=O) groups is 2. The first kappa shape index (κ1) is 51.6. The van der Waals surface area contributed by atoms with Gasteiger partial charge in [-0.2, -0.15) is 0 Å². The first-order valence-electron chi connectivity index (χ1n) is 18.0. The largest absolute Gasteiger partial charge is 0.465 e. The lowest BCUT2D eigenvalue weighted by Crippen LogP contribution is -2.81. The van der Waals surface area contributed by atoms with Gasteiger partial charge in [0, 0.05) is 17.7 Å². The molecular formula is C42H18BF20NO4. The van der Waals surface area contributed by atoms with Crippen molar-refractivity contribution in [3.63, 3.8) is 0 Å². The van der Waals surface area contributed by atoms with Gasteiger partial charge in [0.15, 0.2) is 94.3 Å². The lowest BCUT2D eigenvalue weighted by Gasteiger charge is -2.44. The quantitative estimate of drug-likeness (QED) is 0.0172. The van der Waals surface area contributed by atoms with E-state index in [0.717, 1.165) is 5.56 Å². The molecule has 6 rings (SSSR count). The minimum Gasteiger partial charge on any atom is -0.465 e. The average molecular weight is 991 g/mol. The Morgan fingerprint density at radius 2 is 0.618 bits per heavy atom. The summed E-state index contributed by atoms with van der Waals surface area (Å²) >= 11 is 0. The summed E-state index contributed by atoms with van der Waals surface area (Å²) in [6.07, 6.45) is -3.50. The number of carbonyl (C=O) groups excluding carboxylic acids is 2. The molecule has 1 aromatic heterocycles. The van der Waals surface area contributed by atoms with Crippen molar-refractivity contribution in [1.82, 2.24) is 0 Å². The highest BCUT2D eigenvalue weighted by Crippen LogP contribution is 2.31. The normalized spacial score (nSPS) is 11.3. The van der Waals surface area contributed by atoms with Crippen molar-refractivity contribution in [2.24, 2.45) is 0 Å². The molecule has 0 unspecified atom stereocenters. The van der Waals surface area contributed by atoms with E-state index in [9.17, 15) is 62.3 Å². The van der Waals surface area contributed by atoms with Crippen LogP contribution in [-0.2, 0) is 25.6 Å². The molecule has 0 aliphatic rings. The Kier molecular flexibility index (Phi) is 15.0. The Balaban J connectivity index is 0.000000314. The molecule has 0 radical (unpaired) electrons. The van der Waals surface area contributed by atoms with Gasteiger partial charge >= 0.3 is 11.9 Å². The second kappa shape index (κ2) is 19.8. The Bertz CT molecular complexity index is 2650. The van der Waals surface area contributed by atoms with E-state index < -0.39 is 156 Å². The third kappa shape index (κ3) is 8.35. The highest BCUT2D eigenvalue weighted by atomic mass is 19.2. The van der Waals surface area contributed by atoms with Gasteiger partial charge in [-0.1, -0.05) is 36.4 Å². The number of rotatable bonds is 9. The second-order valence-corrected chi connectivity index (χ2v) is 13.6. The summed E-state index contributed by atoms with van der Waals surface area (Å²) in [4.78, 5) is 24.3. The van der Waals surface area contributed by atoms with Crippen LogP contribution in [0.15, 0.2) is 66.5 Å². The molecule has 0 saturated carbocycles. The van der Waals surface area contributed by atoms with Crippen LogP contribution < -0.4 is 26.4 Å². The van der Waals surface area contributed by atoms with Gasteiger partial charge in [0.05, 0.1) is 14.2 Å². The van der Waals surface area contributed by atoms with Crippen molar-refractivity contribution in [2.45, 2.75) is 6.54 Å². The Hall–Kier alpha value is -7.41. The van der Waals surface area contributed by atoms with E-state index in [2.05, 4.69) is 0 Å². The third-order valence-corrected chi connectivity index (χ3v) is 10.0. The monoisotopic (exact) mass is 991 g/mol. The first-order chi connectivity index (χ1) is 31.9. The van der Waals surface area contributed by atoms with Gasteiger partial charge in [-0.05, 0) is 5.56 Å². The summed E-state index contributed by atoms with van der Waals surface area (Å²) in [5.74, 6) is -72.8. The molecule has 0 atom stereocenters. The summed E-state index contributed by atoms with van der Waals surface area (Å²) in [5.41, 5.74) is -13.1. The Morgan fingerprint density at radius 1 is 0.382 bits per heavy atom. The van der Waals surface area contributed by atoms with Gasteiger partial charge in [0.1, 0.15) is 52.7 Å². The molecule has 0 amide bonds. The number of methoxy groups -OCH3 is 2. The Morgan fingerprint density at radius 3 is 0.868 bits per heavy atom. The van der Waals surface area contributed by atoms with E-state index >= 15 is 35.1 Å². The van der Waals surface area contributed by atoms with E-state index in [1.807, 2.05) is 65.5 Å². The van der Waals surface area contributed by atoms with Crippen molar-refractivity contribution in [3.8, 4) is 0 Å². The second-order valence-electron chi connectivity index (χ2n) is 13.6. The number of benzene rings is 5. The lowest BCUT2D eigenvalue weighted by molar-refractivity contribution is -0.684. The van der Waals surface area contributed by atoms with Crippen LogP contribution in [0.4, 0.5) is 87.8 Å². The van der Waals surface area contributed by atoms with Crippen LogP contribution in [0.3, 0.4) is 0 Å². The molecule has 26 heteroatoms. The van der Waals surface area contributed by atoms with Crippen LogP contribution in [0.5, 0.6) is 0 Å². The zero-order chi connectivity index (χ0) is 51.0. The van der Waals surface area contributed by atoms with Crippen molar-refractivity contribution in [1.29, 1.82) is 0 Å². The van der Waals surface area contributed by atoms with Crippen LogP contribution in [-0.4, -0.2) is 32.3 Å². The van der Waals surface area contributed by atoms with E-state index in [4.69, 9.17) is 9.47 Å². The fraction of sp³-hybridized carbons (Fsp3) is 0.0714. The van der Waals surface area contributed by atoms with Crippen LogP contribution >= 0.6 is 0 Å². The zero-order valence-electron chi connectivity index (χ0n) is 33.2. The number of hydrogen-bond acceptors (Lipinski definition) is 4. The predicted molar refractivity (Wildman–Crippen MR) is 193 cm³/mol. The van der Waals surface area contributed by atoms with Crippen LogP contribution in [0.2, 0.25) is 0 Å². The molecule has 0 spiro atoms. The lowest BCUT2D eigenvalue weighted by atomic mass is 9.12. The van der Waals surface area contributed by atoms with Gasteiger partial charge in [-0.3, -0.25) is 0 Å². The Labute approximate surface area is 366 Å². The molecule has 5 aromatic carbocycles. The maximum absolute atomic E-state index is 15.4. The molecule has 0 fully saturated rings. The highest BCUT2D eigenvalue weighted by molar-refractivity contribution is 7.20. The smallest absolute Gasteiger partial charge is 0.345 e. The zero-order valence-corrected chi connectivity index (χ0v) is 33.2. The van der Waals surface area contributed by atoms with Gasteiger partial charge in [0.25, 0.3) is 0 Å². The first-order valence-corrected chi connectivity index (χ1v) is 18.0. The topological polar surface area (TPSA) is 56.5 Å². The molecular weight excluding hydrogens is 973 g/mol. The van der Waals surface area contributed by atoms with Crippen LogP contribution in [0.1, 0.15) is 5.56 Å². The van der Waals surface area contributed by atoms with E-state index in [1.165, 1.54) is 14.2 Å². The number of allylic oxidation sites excluding steroid dienone is 1. The minimum atomic E-state index is -7.22. The summed E-state index contributed by atoms with van der Waals surface area (Å²) < 4.78 is 305. The van der Waals surface area contributed by atoms with Gasteiger partial charge in [-0.15, -0.1) is 21.9 Å². The number of nitrogens with zero attached hydrogens (tertiary/aromatic N) is 1. The number of aromatic nitrogens is 1. The van der Waals surface area contributed by atoms with Crippen LogP contribution in [0, 0.1) is 116 Å². The maximum atomic E-state index is 15.4. The predicted octanol–water partition coefficient (Wildman–Crippen LogP) is 7.62. The van der Waals surface area contributed by atoms with Gasteiger partial charge in [0.2, 0.25) is 0 Å². The van der Waals surface area contributed by atoms with Crippen molar-refractivity contribution in [2.75, 3.05) is 14.2 Å². The van der Waals surface area contributed by atoms with Gasteiger partial charge in [-0.25, -0.2) is 102 Å². The molecule has 0 saturated heterocycles. The number of ether oxygens (including phenoxy) is 2. The summed E-state index contributed by atoms with van der Waals surface area (Å²) in [5, 5.41) is 0. The fourth-order valence-electron chi connectivity index (χ4n) is 7.08. The standard InChI is InChI=1S/C24BF20.C18H18NO4/c26-5-1(6(27)14(35)21(42)13(5)34)25(2-7(28)15(36)22(43)16(37)8(2)29,3-9(30)17(38)23(44)18(39)10(3)31)4-11(32)19(40)24(45)20(41)12(4)33;1-22-17(20)16(18(21)23-2)15(14-9-5-3-6-10-14)13-19-11-7-4-8-12-19/h;3-12H,13H2,1-2H3/q-1;+1. The van der Waals surface area contributed by atoms with E-state index in [-0.39, 0.29) is 5.57 Å². The molecule has 6 aromatic rings. The average Bonchev–Trinajstić information content (AvgIpc) is 3.34. The maximum Gasteiger partial charge on any atom is 0.345 e. The fourth-order valence-corrected chi connectivity index (χ4v) is 7.08. The molecule has 0 bridgehead atoms. The number of halogens is 20. The van der Waals surface area contributed by atoms with Crippen LogP contribution in [0.25, 0.3) is 5.57 Å². The highest BCUT2D eigenvalue weighted by Gasteiger charge is 2.52. The van der Waals surface area contributed by atoms with Gasteiger partial charge < -0.3 is 9.47 Å². The number of esters is 2. The molecule has 0 aliphatic carbocycles.